The van der Waals surface area contributed by atoms with E-state index in [1.54, 1.807) is 0 Å². The summed E-state index contributed by atoms with van der Waals surface area (Å²) in [5.74, 6) is 0.567. The van der Waals surface area contributed by atoms with E-state index >= 15 is 0 Å². The molecule has 0 bridgehead atoms. The minimum Gasteiger partial charge on any atom is -0.352 e. The van der Waals surface area contributed by atoms with Crippen molar-refractivity contribution in [1.29, 1.82) is 0 Å². The monoisotopic (exact) mass is 188 g/mol. The zero-order valence-corrected chi connectivity index (χ0v) is 9.89. The second-order valence-electron chi connectivity index (χ2n) is 4.80. The van der Waals surface area contributed by atoms with Crippen LogP contribution in [0.3, 0.4) is 0 Å². The predicted octanol–water partition coefficient (Wildman–Crippen LogP) is 3.21. The maximum atomic E-state index is 5.72. The second-order valence-corrected chi connectivity index (χ2v) is 4.80. The van der Waals surface area contributed by atoms with Crippen molar-refractivity contribution in [3.05, 3.63) is 0 Å². The molecule has 0 heterocycles. The maximum absolute atomic E-state index is 5.72. The molecular weight excluding hydrogens is 164 g/mol. The van der Waals surface area contributed by atoms with Gasteiger partial charge in [-0.3, -0.25) is 0 Å². The van der Waals surface area contributed by atoms with Gasteiger partial charge in [-0.15, -0.1) is 0 Å². The van der Waals surface area contributed by atoms with E-state index in [1.807, 2.05) is 20.8 Å². The Morgan fingerprint density at radius 2 is 1.69 bits per heavy atom. The third kappa shape index (κ3) is 8.26. The highest BCUT2D eigenvalue weighted by Crippen LogP contribution is 2.14. The summed E-state index contributed by atoms with van der Waals surface area (Å²) in [5, 5.41) is 0. The fourth-order valence-corrected chi connectivity index (χ4v) is 0.929. The van der Waals surface area contributed by atoms with Gasteiger partial charge in [0.1, 0.15) is 0 Å². The van der Waals surface area contributed by atoms with Gasteiger partial charge in [0.05, 0.1) is 12.2 Å². The van der Waals surface area contributed by atoms with E-state index in [0.717, 1.165) is 13.0 Å². The standard InChI is InChI=1S/C11H24O2/c1-7-10(12-8-9(2)3)13-11(4,5)6/h9-10H,7-8H2,1-6H3. The summed E-state index contributed by atoms with van der Waals surface area (Å²) in [4.78, 5) is 0. The summed E-state index contributed by atoms with van der Waals surface area (Å²) in [6.07, 6.45) is 0.853. The van der Waals surface area contributed by atoms with Gasteiger partial charge in [-0.05, 0) is 33.1 Å². The maximum Gasteiger partial charge on any atom is 0.158 e. The summed E-state index contributed by atoms with van der Waals surface area (Å²) >= 11 is 0. The quantitative estimate of drug-likeness (QED) is 0.617. The SMILES string of the molecule is CCC(OCC(C)C)OC(C)(C)C. The topological polar surface area (TPSA) is 18.5 Å². The normalized spacial score (nSPS) is 15.0. The largest absolute Gasteiger partial charge is 0.352 e. The first-order valence-corrected chi connectivity index (χ1v) is 5.14. The van der Waals surface area contributed by atoms with Crippen LogP contribution in [0.1, 0.15) is 48.0 Å². The lowest BCUT2D eigenvalue weighted by Gasteiger charge is -2.27. The Balaban J connectivity index is 3.76. The minimum atomic E-state index is -0.113. The van der Waals surface area contributed by atoms with Crippen LogP contribution in [0.2, 0.25) is 0 Å². The van der Waals surface area contributed by atoms with Crippen LogP contribution in [0.15, 0.2) is 0 Å². The molecule has 2 heteroatoms. The van der Waals surface area contributed by atoms with Gasteiger partial charge in [-0.1, -0.05) is 20.8 Å². The van der Waals surface area contributed by atoms with Gasteiger partial charge in [0, 0.05) is 0 Å². The molecular formula is C11H24O2. The van der Waals surface area contributed by atoms with Gasteiger partial charge in [0.25, 0.3) is 0 Å². The molecule has 0 radical (unpaired) electrons. The Kier molecular flexibility index (Phi) is 5.57. The molecule has 1 unspecified atom stereocenters. The number of rotatable bonds is 5. The molecule has 1 atom stereocenters. The lowest BCUT2D eigenvalue weighted by molar-refractivity contribution is -0.199. The number of hydrogen-bond acceptors (Lipinski definition) is 2. The Hall–Kier alpha value is -0.0800. The number of ether oxygens (including phenoxy) is 2. The Morgan fingerprint density at radius 1 is 1.15 bits per heavy atom. The molecule has 0 aliphatic heterocycles. The van der Waals surface area contributed by atoms with Crippen molar-refractivity contribution >= 4 is 0 Å². The average molecular weight is 188 g/mol. The van der Waals surface area contributed by atoms with Crippen LogP contribution in [0.25, 0.3) is 0 Å². The Bertz CT molecular complexity index is 125. The summed E-state index contributed by atoms with van der Waals surface area (Å²) in [5.41, 5.74) is -0.113. The summed E-state index contributed by atoms with van der Waals surface area (Å²) in [7, 11) is 0. The highest BCUT2D eigenvalue weighted by Gasteiger charge is 2.17. The third-order valence-electron chi connectivity index (χ3n) is 1.43. The molecule has 0 aliphatic carbocycles. The van der Waals surface area contributed by atoms with Crippen molar-refractivity contribution in [2.45, 2.75) is 59.9 Å². The summed E-state index contributed by atoms with van der Waals surface area (Å²) in [6.45, 7) is 13.3. The van der Waals surface area contributed by atoms with Gasteiger partial charge < -0.3 is 9.47 Å². The molecule has 0 aromatic rings. The molecule has 2 nitrogen and oxygen atoms in total. The predicted molar refractivity (Wildman–Crippen MR) is 55.7 cm³/mol. The Labute approximate surface area is 82.6 Å². The molecule has 0 fully saturated rings. The fourth-order valence-electron chi connectivity index (χ4n) is 0.929. The molecule has 80 valence electrons. The fraction of sp³-hybridized carbons (Fsp3) is 1.00. The highest BCUT2D eigenvalue weighted by atomic mass is 16.7. The third-order valence-corrected chi connectivity index (χ3v) is 1.43. The first-order valence-electron chi connectivity index (χ1n) is 5.14. The smallest absolute Gasteiger partial charge is 0.158 e. The van der Waals surface area contributed by atoms with Crippen molar-refractivity contribution in [1.82, 2.24) is 0 Å². The van der Waals surface area contributed by atoms with Crippen molar-refractivity contribution in [2.24, 2.45) is 5.92 Å². The van der Waals surface area contributed by atoms with Crippen molar-refractivity contribution in [3.8, 4) is 0 Å². The van der Waals surface area contributed by atoms with Crippen LogP contribution in [0, 0.1) is 5.92 Å². The van der Waals surface area contributed by atoms with E-state index in [1.165, 1.54) is 0 Å². The average Bonchev–Trinajstić information content (AvgIpc) is 1.95. The molecule has 0 amide bonds. The summed E-state index contributed by atoms with van der Waals surface area (Å²) < 4.78 is 11.3. The molecule has 0 saturated heterocycles. The Morgan fingerprint density at radius 3 is 2.00 bits per heavy atom. The second kappa shape index (κ2) is 5.61. The van der Waals surface area contributed by atoms with Crippen LogP contribution in [-0.2, 0) is 9.47 Å². The van der Waals surface area contributed by atoms with Gasteiger partial charge in [-0.2, -0.15) is 0 Å². The lowest BCUT2D eigenvalue weighted by Crippen LogP contribution is -2.29. The van der Waals surface area contributed by atoms with Gasteiger partial charge in [0.2, 0.25) is 0 Å². The van der Waals surface area contributed by atoms with Crippen LogP contribution in [0.5, 0.6) is 0 Å². The van der Waals surface area contributed by atoms with Gasteiger partial charge in [-0.25, -0.2) is 0 Å². The summed E-state index contributed by atoms with van der Waals surface area (Å²) in [6, 6.07) is 0. The van der Waals surface area contributed by atoms with E-state index in [0.29, 0.717) is 5.92 Å². The van der Waals surface area contributed by atoms with E-state index in [2.05, 4.69) is 20.8 Å². The van der Waals surface area contributed by atoms with Crippen molar-refractivity contribution in [3.63, 3.8) is 0 Å². The highest BCUT2D eigenvalue weighted by molar-refractivity contribution is 4.60. The molecule has 0 aromatic heterocycles. The molecule has 0 spiro atoms. The first-order chi connectivity index (χ1) is 5.85. The van der Waals surface area contributed by atoms with E-state index in [9.17, 15) is 0 Å². The first kappa shape index (κ1) is 12.9. The van der Waals surface area contributed by atoms with Crippen LogP contribution >= 0.6 is 0 Å². The van der Waals surface area contributed by atoms with E-state index in [4.69, 9.17) is 9.47 Å². The lowest BCUT2D eigenvalue weighted by atomic mass is 10.2. The van der Waals surface area contributed by atoms with Gasteiger partial charge in [0.15, 0.2) is 6.29 Å². The molecule has 0 rings (SSSR count). The zero-order valence-electron chi connectivity index (χ0n) is 9.89. The molecule has 0 saturated carbocycles. The minimum absolute atomic E-state index is 0.0533. The van der Waals surface area contributed by atoms with E-state index < -0.39 is 0 Å². The van der Waals surface area contributed by atoms with Crippen molar-refractivity contribution in [2.75, 3.05) is 6.61 Å². The van der Waals surface area contributed by atoms with Crippen LogP contribution in [-0.4, -0.2) is 18.5 Å². The van der Waals surface area contributed by atoms with Gasteiger partial charge >= 0.3 is 0 Å². The van der Waals surface area contributed by atoms with Crippen molar-refractivity contribution < 1.29 is 9.47 Å². The molecule has 0 aromatic carbocycles. The molecule has 0 aliphatic rings. The molecule has 13 heavy (non-hydrogen) atoms. The molecule has 0 N–H and O–H groups in total. The van der Waals surface area contributed by atoms with Crippen LogP contribution < -0.4 is 0 Å². The van der Waals surface area contributed by atoms with Crippen LogP contribution in [0.4, 0.5) is 0 Å². The zero-order chi connectivity index (χ0) is 10.5. The number of hydrogen-bond donors (Lipinski definition) is 0. The van der Waals surface area contributed by atoms with E-state index in [-0.39, 0.29) is 11.9 Å².